The largest absolute Gasteiger partial charge is 0.446 e. The number of hydrogen-bond donors (Lipinski definition) is 2. The van der Waals surface area contributed by atoms with Gasteiger partial charge >= 0.3 is 12.2 Å². The molecule has 0 aromatic carbocycles. The fraction of sp³-hybridized carbons (Fsp3) is 0.750. The van der Waals surface area contributed by atoms with Crippen molar-refractivity contribution in [2.75, 3.05) is 32.7 Å². The Morgan fingerprint density at radius 1 is 1.27 bits per heavy atom. The van der Waals surface area contributed by atoms with E-state index >= 15 is 0 Å². The van der Waals surface area contributed by atoms with E-state index in [4.69, 9.17) is 9.47 Å². The Kier molecular flexibility index (Phi) is 7.61. The number of carbonyl (C=O) groups is 2. The minimum Gasteiger partial charge on any atom is -0.446 e. The zero-order valence-electron chi connectivity index (χ0n) is 9.03. The highest BCUT2D eigenvalue weighted by Crippen LogP contribution is 2.03. The van der Waals surface area contributed by atoms with Gasteiger partial charge in [0.15, 0.2) is 0 Å². The average molecular weight is 236 g/mol. The quantitative estimate of drug-likeness (QED) is 0.724. The summed E-state index contributed by atoms with van der Waals surface area (Å²) in [6.07, 6.45) is 0.369. The topological polar surface area (TPSA) is 76.7 Å². The highest BCUT2D eigenvalue weighted by Gasteiger charge is 2.15. The first-order valence-corrected chi connectivity index (χ1v) is 5.75. The second kappa shape index (κ2) is 8.22. The third-order valence-corrected chi connectivity index (χ3v) is 2.14. The summed E-state index contributed by atoms with van der Waals surface area (Å²) in [6.45, 7) is 0.0495. The first-order chi connectivity index (χ1) is 7.13. The molecular formula is C8H16N2O4S. The van der Waals surface area contributed by atoms with Crippen LogP contribution >= 0.6 is 11.8 Å². The number of alkyl carbamates (subject to hydrolysis) is 2. The monoisotopic (exact) mass is 236 g/mol. The third kappa shape index (κ3) is 6.89. The van der Waals surface area contributed by atoms with Crippen molar-refractivity contribution in [1.82, 2.24) is 10.6 Å². The molecule has 2 N–H and O–H groups in total. The zero-order chi connectivity index (χ0) is 11.7. The maximum Gasteiger partial charge on any atom is 0.407 e. The van der Waals surface area contributed by atoms with Gasteiger partial charge in [-0.25, -0.2) is 9.59 Å². The van der Waals surface area contributed by atoms with Crippen molar-refractivity contribution in [2.24, 2.45) is 0 Å². The molecule has 0 aromatic heterocycles. The molecule has 0 heterocycles. The minimum atomic E-state index is -0.540. The number of amides is 2. The molecule has 6 nitrogen and oxygen atoms in total. The van der Waals surface area contributed by atoms with Gasteiger partial charge in [0.2, 0.25) is 0 Å². The van der Waals surface area contributed by atoms with E-state index in [9.17, 15) is 9.59 Å². The van der Waals surface area contributed by atoms with E-state index in [2.05, 4.69) is 10.6 Å². The van der Waals surface area contributed by atoms with Gasteiger partial charge < -0.3 is 20.1 Å². The van der Waals surface area contributed by atoms with Crippen LogP contribution < -0.4 is 10.6 Å². The summed E-state index contributed by atoms with van der Waals surface area (Å²) in [5.41, 5.74) is 0. The number of rotatable bonds is 5. The molecule has 0 aliphatic carbocycles. The Hall–Kier alpha value is -1.11. The molecule has 0 aliphatic heterocycles. The molecule has 0 aromatic rings. The van der Waals surface area contributed by atoms with Crippen molar-refractivity contribution in [3.8, 4) is 0 Å². The summed E-state index contributed by atoms with van der Waals surface area (Å²) >= 11 is 1.50. The van der Waals surface area contributed by atoms with Crippen LogP contribution in [0.5, 0.6) is 0 Å². The van der Waals surface area contributed by atoms with Crippen molar-refractivity contribution in [3.05, 3.63) is 0 Å². The van der Waals surface area contributed by atoms with Gasteiger partial charge in [0.05, 0.1) is 0 Å². The molecule has 0 spiro atoms. The Bertz CT molecular complexity index is 213. The molecular weight excluding hydrogens is 220 g/mol. The van der Waals surface area contributed by atoms with Crippen LogP contribution in [0.25, 0.3) is 0 Å². The minimum absolute atomic E-state index is 0.0495. The van der Waals surface area contributed by atoms with Gasteiger partial charge in [-0.2, -0.15) is 11.8 Å². The number of nitrogens with one attached hydrogen (secondary N) is 2. The van der Waals surface area contributed by atoms with Crippen LogP contribution in [0.2, 0.25) is 0 Å². The smallest absolute Gasteiger partial charge is 0.407 e. The van der Waals surface area contributed by atoms with Crippen molar-refractivity contribution in [1.29, 1.82) is 0 Å². The van der Waals surface area contributed by atoms with E-state index < -0.39 is 18.3 Å². The van der Waals surface area contributed by atoms with Crippen molar-refractivity contribution >= 4 is 23.9 Å². The lowest BCUT2D eigenvalue weighted by Gasteiger charge is -2.16. The van der Waals surface area contributed by atoms with E-state index in [-0.39, 0.29) is 6.61 Å². The van der Waals surface area contributed by atoms with E-state index in [1.54, 1.807) is 0 Å². The van der Waals surface area contributed by atoms with Crippen LogP contribution in [0.4, 0.5) is 9.59 Å². The van der Waals surface area contributed by atoms with Gasteiger partial charge in [-0.1, -0.05) is 0 Å². The molecule has 0 saturated carbocycles. The third-order valence-electron chi connectivity index (χ3n) is 1.43. The number of carbonyl (C=O) groups excluding carboxylic acids is 2. The molecule has 0 aliphatic rings. The fourth-order valence-electron chi connectivity index (χ4n) is 0.753. The molecule has 2 amide bonds. The summed E-state index contributed by atoms with van der Waals surface area (Å²) in [4.78, 5) is 21.7. The van der Waals surface area contributed by atoms with Crippen molar-refractivity contribution < 1.29 is 19.1 Å². The first-order valence-electron chi connectivity index (χ1n) is 4.35. The lowest BCUT2D eigenvalue weighted by Crippen LogP contribution is -2.33. The second-order valence-electron chi connectivity index (χ2n) is 2.58. The van der Waals surface area contributed by atoms with Crippen LogP contribution in [0, 0.1) is 0 Å². The van der Waals surface area contributed by atoms with Crippen molar-refractivity contribution in [2.45, 2.75) is 6.10 Å². The Labute approximate surface area is 93.1 Å². The van der Waals surface area contributed by atoms with Crippen LogP contribution in [-0.2, 0) is 9.47 Å². The second-order valence-corrected chi connectivity index (χ2v) is 3.49. The maximum atomic E-state index is 10.9. The molecule has 0 bridgehead atoms. The molecule has 88 valence electrons. The molecule has 1 atom stereocenters. The van der Waals surface area contributed by atoms with Gasteiger partial charge in [-0.3, -0.25) is 0 Å². The van der Waals surface area contributed by atoms with E-state index in [0.717, 1.165) is 0 Å². The summed E-state index contributed by atoms with van der Waals surface area (Å²) in [6, 6.07) is 0. The van der Waals surface area contributed by atoms with Gasteiger partial charge in [0, 0.05) is 19.8 Å². The van der Waals surface area contributed by atoms with Gasteiger partial charge in [0.1, 0.15) is 12.7 Å². The van der Waals surface area contributed by atoms with Gasteiger partial charge in [0.25, 0.3) is 0 Å². The predicted octanol–water partition coefficient (Wildman–Crippen LogP) is 0.430. The molecule has 0 radical (unpaired) electrons. The fourth-order valence-corrected chi connectivity index (χ4v) is 1.29. The SMILES string of the molecule is CNC(=O)OC[C@H](CSC)OC(=O)NC. The average Bonchev–Trinajstić information content (AvgIpc) is 2.25. The Morgan fingerprint density at radius 2 is 1.87 bits per heavy atom. The highest BCUT2D eigenvalue weighted by atomic mass is 32.2. The summed E-state index contributed by atoms with van der Waals surface area (Å²) < 4.78 is 9.74. The molecule has 0 fully saturated rings. The zero-order valence-corrected chi connectivity index (χ0v) is 9.85. The molecule has 15 heavy (non-hydrogen) atoms. The first kappa shape index (κ1) is 13.9. The predicted molar refractivity (Wildman–Crippen MR) is 58.1 cm³/mol. The van der Waals surface area contributed by atoms with Crippen LogP contribution in [0.3, 0.4) is 0 Å². The van der Waals surface area contributed by atoms with Crippen molar-refractivity contribution in [3.63, 3.8) is 0 Å². The van der Waals surface area contributed by atoms with E-state index in [1.165, 1.54) is 25.9 Å². The molecule has 0 rings (SSSR count). The lowest BCUT2D eigenvalue weighted by atomic mass is 10.4. The number of ether oxygens (including phenoxy) is 2. The molecule has 7 heteroatoms. The van der Waals surface area contributed by atoms with Gasteiger partial charge in [-0.15, -0.1) is 0 Å². The Morgan fingerprint density at radius 3 is 2.33 bits per heavy atom. The molecule has 0 unspecified atom stereocenters. The normalized spacial score (nSPS) is 11.4. The van der Waals surface area contributed by atoms with Crippen LogP contribution in [-0.4, -0.2) is 51.0 Å². The molecule has 0 saturated heterocycles. The highest BCUT2D eigenvalue weighted by molar-refractivity contribution is 7.98. The lowest BCUT2D eigenvalue weighted by molar-refractivity contribution is 0.0570. The summed E-state index contributed by atoms with van der Waals surface area (Å²) in [5.74, 6) is 0.574. The Balaban J connectivity index is 3.92. The van der Waals surface area contributed by atoms with Crippen LogP contribution in [0.1, 0.15) is 0 Å². The van der Waals surface area contributed by atoms with Gasteiger partial charge in [-0.05, 0) is 6.26 Å². The summed E-state index contributed by atoms with van der Waals surface area (Å²) in [5, 5.41) is 4.63. The number of hydrogen-bond acceptors (Lipinski definition) is 5. The van der Waals surface area contributed by atoms with Crippen LogP contribution in [0.15, 0.2) is 0 Å². The maximum absolute atomic E-state index is 10.9. The van der Waals surface area contributed by atoms with E-state index in [1.807, 2.05) is 6.26 Å². The van der Waals surface area contributed by atoms with E-state index in [0.29, 0.717) is 5.75 Å². The number of thioether (sulfide) groups is 1. The standard InChI is InChI=1S/C8H16N2O4S/c1-9-7(11)13-4-6(5-15-3)14-8(12)10-2/h6H,4-5H2,1-3H3,(H,9,11)(H,10,12)/t6-/m1/s1. The summed E-state index contributed by atoms with van der Waals surface area (Å²) in [7, 11) is 2.93.